The van der Waals surface area contributed by atoms with E-state index in [0.717, 1.165) is 23.7 Å². The molecule has 0 bridgehead atoms. The summed E-state index contributed by atoms with van der Waals surface area (Å²) < 4.78 is 111. The Labute approximate surface area is 250 Å². The average Bonchev–Trinajstić information content (AvgIpc) is 3.39. The van der Waals surface area contributed by atoms with Gasteiger partial charge in [-0.1, -0.05) is 11.6 Å². The van der Waals surface area contributed by atoms with E-state index in [-0.39, 0.29) is 50.9 Å². The quantitative estimate of drug-likeness (QED) is 0.365. The number of thiophene rings is 1. The van der Waals surface area contributed by atoms with Crippen LogP contribution in [0, 0.1) is 0 Å². The van der Waals surface area contributed by atoms with Crippen molar-refractivity contribution in [3.63, 3.8) is 0 Å². The van der Waals surface area contributed by atoms with Crippen molar-refractivity contribution in [2.45, 2.75) is 30.2 Å². The second-order valence-electron chi connectivity index (χ2n) is 9.81. The summed E-state index contributed by atoms with van der Waals surface area (Å²) in [6, 6.07) is 4.04. The number of benzene rings is 1. The average molecular weight is 670 g/mol. The van der Waals surface area contributed by atoms with Gasteiger partial charge in [0.2, 0.25) is 5.95 Å². The molecule has 0 radical (unpaired) electrons. The third-order valence-corrected chi connectivity index (χ3v) is 9.54. The maximum Gasteiger partial charge on any atom is 0.471 e. The van der Waals surface area contributed by atoms with Crippen molar-refractivity contribution >= 4 is 55.3 Å². The molecule has 9 nitrogen and oxygen atoms in total. The molecule has 0 spiro atoms. The number of nitrogens with zero attached hydrogens (tertiary/aromatic N) is 4. The highest BCUT2D eigenvalue weighted by atomic mass is 35.5. The minimum atomic E-state index is -5.02. The molecule has 1 N–H and O–H groups in total. The second-order valence-corrected chi connectivity index (χ2v) is 13.2. The number of fused-ring (bicyclic) bond motifs is 1. The van der Waals surface area contributed by atoms with Crippen molar-refractivity contribution in [3.8, 4) is 10.6 Å². The number of rotatable bonds is 5. The molecule has 1 saturated heterocycles. The lowest BCUT2D eigenvalue weighted by Gasteiger charge is -2.30. The minimum Gasteiger partial charge on any atom is -0.378 e. The number of halogens is 7. The van der Waals surface area contributed by atoms with Crippen LogP contribution in [0.5, 0.6) is 0 Å². The van der Waals surface area contributed by atoms with E-state index in [0.29, 0.717) is 48.5 Å². The zero-order valence-electron chi connectivity index (χ0n) is 22.1. The monoisotopic (exact) mass is 669 g/mol. The fourth-order valence-electron chi connectivity index (χ4n) is 4.72. The van der Waals surface area contributed by atoms with E-state index in [1.54, 1.807) is 4.90 Å². The number of sulfone groups is 1. The molecule has 18 heteroatoms. The molecule has 2 aliphatic heterocycles. The molecule has 1 aromatic carbocycles. The molecule has 5 rings (SSSR count). The number of ether oxygens (including phenoxy) is 1. The van der Waals surface area contributed by atoms with E-state index in [9.17, 15) is 39.6 Å². The summed E-state index contributed by atoms with van der Waals surface area (Å²) in [6.45, 7) is 0.837. The van der Waals surface area contributed by atoms with Crippen molar-refractivity contribution in [3.05, 3.63) is 46.1 Å². The maximum atomic E-state index is 14.0. The van der Waals surface area contributed by atoms with E-state index in [4.69, 9.17) is 16.3 Å². The number of anilines is 3. The number of alkyl halides is 6. The van der Waals surface area contributed by atoms with Gasteiger partial charge in [-0.3, -0.25) is 4.79 Å². The predicted octanol–water partition coefficient (Wildman–Crippen LogP) is 5.31. The number of carbonyl (C=O) groups is 1. The van der Waals surface area contributed by atoms with E-state index in [1.165, 1.54) is 12.1 Å². The normalized spacial score (nSPS) is 16.3. The molecule has 0 aliphatic carbocycles. The molecule has 1 amide bonds. The molecule has 4 heterocycles. The van der Waals surface area contributed by atoms with Crippen LogP contribution in [0.3, 0.4) is 0 Å². The van der Waals surface area contributed by atoms with Gasteiger partial charge in [-0.2, -0.15) is 26.3 Å². The Morgan fingerprint density at radius 1 is 1.07 bits per heavy atom. The zero-order valence-corrected chi connectivity index (χ0v) is 24.5. The molecule has 232 valence electrons. The molecule has 0 atom stereocenters. The standard InChI is InChI=1S/C25H22ClF6N5O4S2/c1-43(39,40)19-10-18(42-21(19)36-4-6-41-7-5-36)20-15(24(27,28)29)11-33-23(35-20)34-17-9-13-2-3-37(22(38)25(30,31)32)12-14(13)8-16(17)26/h8-11H,2-7,12H2,1H3,(H,33,34,35). The van der Waals surface area contributed by atoms with Crippen molar-refractivity contribution in [1.29, 1.82) is 0 Å². The van der Waals surface area contributed by atoms with Gasteiger partial charge in [-0.25, -0.2) is 18.4 Å². The Morgan fingerprint density at radius 2 is 1.77 bits per heavy atom. The number of carbonyl (C=O) groups excluding carboxylic acids is 1. The lowest BCUT2D eigenvalue weighted by Crippen LogP contribution is -2.43. The van der Waals surface area contributed by atoms with Gasteiger partial charge in [0, 0.05) is 38.6 Å². The van der Waals surface area contributed by atoms with Crippen LogP contribution < -0.4 is 10.2 Å². The topological polar surface area (TPSA) is 105 Å². The summed E-state index contributed by atoms with van der Waals surface area (Å²) in [5.41, 5.74) is -0.584. The van der Waals surface area contributed by atoms with Crippen molar-refractivity contribution < 1.29 is 44.3 Å². The number of hydrogen-bond donors (Lipinski definition) is 1. The molecule has 3 aromatic rings. The summed E-state index contributed by atoms with van der Waals surface area (Å²) in [6.07, 6.45) is -8.27. The van der Waals surface area contributed by atoms with Gasteiger partial charge < -0.3 is 19.9 Å². The number of morpholine rings is 1. The van der Waals surface area contributed by atoms with Gasteiger partial charge in [0.15, 0.2) is 9.84 Å². The Bertz CT molecular complexity index is 1670. The SMILES string of the molecule is CS(=O)(=O)c1cc(-c2nc(Nc3cc4c(cc3Cl)CN(C(=O)C(F)(F)F)CC4)ncc2C(F)(F)F)sc1N1CCOCC1. The van der Waals surface area contributed by atoms with Gasteiger partial charge in [0.1, 0.15) is 15.5 Å². The second kappa shape index (κ2) is 11.4. The first kappa shape index (κ1) is 31.3. The first-order valence-electron chi connectivity index (χ1n) is 12.6. The fourth-order valence-corrected chi connectivity index (χ4v) is 7.49. The highest BCUT2D eigenvalue weighted by Gasteiger charge is 2.43. The molecule has 43 heavy (non-hydrogen) atoms. The lowest BCUT2D eigenvalue weighted by atomic mass is 9.99. The largest absolute Gasteiger partial charge is 0.471 e. The van der Waals surface area contributed by atoms with E-state index in [1.807, 2.05) is 0 Å². The van der Waals surface area contributed by atoms with Crippen LogP contribution >= 0.6 is 22.9 Å². The van der Waals surface area contributed by atoms with Crippen LogP contribution in [-0.2, 0) is 38.5 Å². The Hall–Kier alpha value is -3.15. The molecule has 0 unspecified atom stereocenters. The van der Waals surface area contributed by atoms with Crippen LogP contribution in [0.2, 0.25) is 5.02 Å². The highest BCUT2D eigenvalue weighted by Crippen LogP contribution is 2.44. The summed E-state index contributed by atoms with van der Waals surface area (Å²) in [5.74, 6) is -2.25. The molecular weight excluding hydrogens is 648 g/mol. The van der Waals surface area contributed by atoms with Crippen LogP contribution in [0.1, 0.15) is 16.7 Å². The van der Waals surface area contributed by atoms with Crippen molar-refractivity contribution in [2.24, 2.45) is 0 Å². The molecule has 0 saturated carbocycles. The summed E-state index contributed by atoms with van der Waals surface area (Å²) in [4.78, 5) is 21.8. The first-order valence-corrected chi connectivity index (χ1v) is 15.7. The molecule has 1 fully saturated rings. The van der Waals surface area contributed by atoms with Crippen LogP contribution in [0.15, 0.2) is 29.3 Å². The van der Waals surface area contributed by atoms with E-state index >= 15 is 0 Å². The third kappa shape index (κ3) is 6.68. The predicted molar refractivity (Wildman–Crippen MR) is 146 cm³/mol. The first-order chi connectivity index (χ1) is 20.0. The van der Waals surface area contributed by atoms with Gasteiger partial charge in [0.05, 0.1) is 34.5 Å². The fraction of sp³-hybridized carbons (Fsp3) is 0.400. The van der Waals surface area contributed by atoms with E-state index < -0.39 is 39.4 Å². The maximum absolute atomic E-state index is 14.0. The Morgan fingerprint density at radius 3 is 2.40 bits per heavy atom. The summed E-state index contributed by atoms with van der Waals surface area (Å²) >= 11 is 7.20. The molecule has 2 aliphatic rings. The number of amides is 1. The van der Waals surface area contributed by atoms with Crippen molar-refractivity contribution in [1.82, 2.24) is 14.9 Å². The molecule has 2 aromatic heterocycles. The van der Waals surface area contributed by atoms with Gasteiger partial charge in [-0.05, 0) is 35.7 Å². The van der Waals surface area contributed by atoms with Gasteiger partial charge in [0.25, 0.3) is 0 Å². The molecular formula is C25H22ClF6N5O4S2. The van der Waals surface area contributed by atoms with Crippen LogP contribution in [0.4, 0.5) is 43.0 Å². The summed E-state index contributed by atoms with van der Waals surface area (Å²) in [7, 11) is -3.83. The zero-order chi connectivity index (χ0) is 31.3. The van der Waals surface area contributed by atoms with Crippen molar-refractivity contribution in [2.75, 3.05) is 49.3 Å². The smallest absolute Gasteiger partial charge is 0.378 e. The van der Waals surface area contributed by atoms with Gasteiger partial charge >= 0.3 is 18.3 Å². The Kier molecular flexibility index (Phi) is 8.30. The van der Waals surface area contributed by atoms with E-state index in [2.05, 4.69) is 15.3 Å². The number of aromatic nitrogens is 2. The number of nitrogens with one attached hydrogen (secondary N) is 1. The Balaban J connectivity index is 1.50. The van der Waals surface area contributed by atoms with Crippen LogP contribution in [0.25, 0.3) is 10.6 Å². The third-order valence-electron chi connectivity index (χ3n) is 6.78. The lowest BCUT2D eigenvalue weighted by molar-refractivity contribution is -0.186. The highest BCUT2D eigenvalue weighted by molar-refractivity contribution is 7.91. The summed E-state index contributed by atoms with van der Waals surface area (Å²) in [5, 5.41) is 3.05. The number of hydrogen-bond acceptors (Lipinski definition) is 9. The van der Waals surface area contributed by atoms with Gasteiger partial charge in [-0.15, -0.1) is 11.3 Å². The van der Waals surface area contributed by atoms with Crippen LogP contribution in [-0.4, -0.2) is 74.5 Å². The minimum absolute atomic E-state index is 0.00944.